The van der Waals surface area contributed by atoms with Crippen molar-refractivity contribution in [1.82, 2.24) is 4.98 Å². The molecule has 2 aromatic carbocycles. The van der Waals surface area contributed by atoms with E-state index in [1.54, 1.807) is 6.07 Å². The van der Waals surface area contributed by atoms with Gasteiger partial charge in [-0.2, -0.15) is 0 Å². The summed E-state index contributed by atoms with van der Waals surface area (Å²) in [5.41, 5.74) is 12.4. The van der Waals surface area contributed by atoms with E-state index in [4.69, 9.17) is 5.73 Å². The number of carbonyl (C=O) groups is 1. The molecule has 0 fully saturated rings. The summed E-state index contributed by atoms with van der Waals surface area (Å²) in [4.78, 5) is 15.3. The molecule has 3 aromatic rings. The summed E-state index contributed by atoms with van der Waals surface area (Å²) >= 11 is 0. The summed E-state index contributed by atoms with van der Waals surface area (Å²) < 4.78 is 0. The predicted molar refractivity (Wildman–Crippen MR) is 102 cm³/mol. The fourth-order valence-corrected chi connectivity index (χ4v) is 3.46. The first-order chi connectivity index (χ1) is 12.0. The molecule has 130 valence electrons. The Hall–Kier alpha value is -2.59. The molecule has 0 saturated carbocycles. The fraction of sp³-hybridized carbons (Fsp3) is 0.286. The number of fused-ring (bicyclic) bond motifs is 1. The van der Waals surface area contributed by atoms with Gasteiger partial charge in [0.15, 0.2) is 0 Å². The number of nitrogens with two attached hydrogens (primary N) is 1. The van der Waals surface area contributed by atoms with Crippen molar-refractivity contribution < 1.29 is 9.90 Å². The summed E-state index contributed by atoms with van der Waals surface area (Å²) in [7, 11) is 0. The quantitative estimate of drug-likeness (QED) is 0.583. The van der Waals surface area contributed by atoms with Crippen LogP contribution in [0.2, 0.25) is 0 Å². The van der Waals surface area contributed by atoms with Gasteiger partial charge in [0, 0.05) is 22.2 Å². The highest BCUT2D eigenvalue weighted by atomic mass is 16.4. The predicted octanol–water partition coefficient (Wildman–Crippen LogP) is 4.43. The topological polar surface area (TPSA) is 79.1 Å². The van der Waals surface area contributed by atoms with E-state index in [9.17, 15) is 9.90 Å². The summed E-state index contributed by atoms with van der Waals surface area (Å²) in [6.45, 7) is 4.73. The van der Waals surface area contributed by atoms with Gasteiger partial charge in [-0.1, -0.05) is 30.3 Å². The van der Waals surface area contributed by atoms with Crippen LogP contribution in [-0.4, -0.2) is 22.6 Å². The molecular weight excluding hydrogens is 312 g/mol. The lowest BCUT2D eigenvalue weighted by atomic mass is 9.95. The van der Waals surface area contributed by atoms with Gasteiger partial charge in [0.25, 0.3) is 0 Å². The Morgan fingerprint density at radius 3 is 2.52 bits per heavy atom. The van der Waals surface area contributed by atoms with Crippen molar-refractivity contribution in [2.45, 2.75) is 33.1 Å². The number of aromatic nitrogens is 1. The van der Waals surface area contributed by atoms with E-state index in [2.05, 4.69) is 24.0 Å². The molecule has 0 unspecified atom stereocenters. The Morgan fingerprint density at radius 1 is 1.08 bits per heavy atom. The Balaban J connectivity index is 2.30. The molecule has 3 rings (SSSR count). The molecule has 0 spiro atoms. The van der Waals surface area contributed by atoms with Gasteiger partial charge in [0.1, 0.15) is 0 Å². The number of benzene rings is 2. The van der Waals surface area contributed by atoms with Crippen LogP contribution in [0.25, 0.3) is 22.2 Å². The van der Waals surface area contributed by atoms with Crippen LogP contribution in [0, 0.1) is 13.8 Å². The van der Waals surface area contributed by atoms with Gasteiger partial charge < -0.3 is 15.8 Å². The summed E-state index contributed by atoms with van der Waals surface area (Å²) in [6, 6.07) is 11.8. The van der Waals surface area contributed by atoms with Crippen molar-refractivity contribution >= 4 is 16.9 Å². The Labute approximate surface area is 147 Å². The lowest BCUT2D eigenvalue weighted by molar-refractivity contribution is 0.0699. The minimum absolute atomic E-state index is 0.361. The number of aryl methyl sites for hydroxylation is 3. The average molecular weight is 336 g/mol. The standard InChI is InChI=1S/C21H24N2O2/c1-13-7-3-4-8-15(13)20-16(9-5-6-12-22)18-17(21(24)25)11-10-14(2)19(18)23-20/h3-4,7-8,10-11,23H,5-6,9,12,22H2,1-2H3,(H,24,25). The molecule has 4 N–H and O–H groups in total. The van der Waals surface area contributed by atoms with Gasteiger partial charge in [-0.3, -0.25) is 0 Å². The maximum Gasteiger partial charge on any atom is 0.336 e. The second kappa shape index (κ2) is 7.11. The average Bonchev–Trinajstić information content (AvgIpc) is 2.96. The minimum atomic E-state index is -0.889. The summed E-state index contributed by atoms with van der Waals surface area (Å²) in [5, 5.41) is 10.5. The van der Waals surface area contributed by atoms with Crippen LogP contribution in [0.1, 0.15) is 39.9 Å². The van der Waals surface area contributed by atoms with Crippen LogP contribution in [0.5, 0.6) is 0 Å². The molecule has 0 radical (unpaired) electrons. The zero-order valence-electron chi connectivity index (χ0n) is 14.7. The van der Waals surface area contributed by atoms with Crippen LogP contribution < -0.4 is 5.73 Å². The Bertz CT molecular complexity index is 925. The number of aromatic carboxylic acids is 1. The van der Waals surface area contributed by atoms with E-state index in [0.717, 1.165) is 52.5 Å². The number of carboxylic acid groups (broad SMARTS) is 1. The Kier molecular flexibility index (Phi) is 4.91. The first kappa shape index (κ1) is 17.2. The van der Waals surface area contributed by atoms with Crippen molar-refractivity contribution in [1.29, 1.82) is 0 Å². The fourth-order valence-electron chi connectivity index (χ4n) is 3.46. The van der Waals surface area contributed by atoms with E-state index >= 15 is 0 Å². The minimum Gasteiger partial charge on any atom is -0.478 e. The number of rotatable bonds is 6. The van der Waals surface area contributed by atoms with Crippen molar-refractivity contribution in [2.75, 3.05) is 6.54 Å². The van der Waals surface area contributed by atoms with Crippen LogP contribution in [0.4, 0.5) is 0 Å². The molecule has 0 aliphatic rings. The van der Waals surface area contributed by atoms with Crippen LogP contribution in [0.15, 0.2) is 36.4 Å². The molecule has 0 aliphatic carbocycles. The maximum absolute atomic E-state index is 11.8. The number of unbranched alkanes of at least 4 members (excludes halogenated alkanes) is 1. The number of hydrogen-bond acceptors (Lipinski definition) is 2. The van der Waals surface area contributed by atoms with Crippen molar-refractivity contribution in [3.63, 3.8) is 0 Å². The third kappa shape index (κ3) is 3.17. The first-order valence-electron chi connectivity index (χ1n) is 8.68. The summed E-state index contributed by atoms with van der Waals surface area (Å²) in [5.74, 6) is -0.889. The normalized spacial score (nSPS) is 11.2. The van der Waals surface area contributed by atoms with Gasteiger partial charge in [-0.15, -0.1) is 0 Å². The molecule has 0 bridgehead atoms. The lowest BCUT2D eigenvalue weighted by Gasteiger charge is -2.09. The molecule has 0 aliphatic heterocycles. The van der Waals surface area contributed by atoms with Gasteiger partial charge in [0.2, 0.25) is 0 Å². The molecule has 0 saturated heterocycles. The van der Waals surface area contributed by atoms with E-state index in [1.165, 1.54) is 5.56 Å². The largest absolute Gasteiger partial charge is 0.478 e. The van der Waals surface area contributed by atoms with Crippen molar-refractivity contribution in [3.05, 3.63) is 58.7 Å². The monoisotopic (exact) mass is 336 g/mol. The number of hydrogen-bond donors (Lipinski definition) is 3. The molecule has 4 heteroatoms. The highest BCUT2D eigenvalue weighted by molar-refractivity contribution is 6.07. The number of H-pyrrole nitrogens is 1. The Morgan fingerprint density at radius 2 is 1.84 bits per heavy atom. The van der Waals surface area contributed by atoms with E-state index in [1.807, 2.05) is 25.1 Å². The first-order valence-corrected chi connectivity index (χ1v) is 8.68. The maximum atomic E-state index is 11.8. The smallest absolute Gasteiger partial charge is 0.336 e. The second-order valence-electron chi connectivity index (χ2n) is 6.52. The second-order valence-corrected chi connectivity index (χ2v) is 6.52. The van der Waals surface area contributed by atoms with Crippen molar-refractivity contribution in [2.24, 2.45) is 5.73 Å². The zero-order chi connectivity index (χ0) is 18.0. The van der Waals surface area contributed by atoms with Crippen LogP contribution in [0.3, 0.4) is 0 Å². The SMILES string of the molecule is Cc1ccccc1-c1[nH]c2c(C)ccc(C(=O)O)c2c1CCCCN. The summed E-state index contributed by atoms with van der Waals surface area (Å²) in [6.07, 6.45) is 2.67. The molecular formula is C21H24N2O2. The van der Waals surface area contributed by atoms with E-state index in [0.29, 0.717) is 12.1 Å². The van der Waals surface area contributed by atoms with E-state index in [-0.39, 0.29) is 0 Å². The molecule has 0 amide bonds. The molecule has 1 aromatic heterocycles. The number of carboxylic acids is 1. The van der Waals surface area contributed by atoms with Gasteiger partial charge in [0.05, 0.1) is 5.56 Å². The van der Waals surface area contributed by atoms with Gasteiger partial charge in [-0.05, 0) is 62.4 Å². The lowest BCUT2D eigenvalue weighted by Crippen LogP contribution is -2.01. The number of nitrogens with one attached hydrogen (secondary N) is 1. The third-order valence-corrected chi connectivity index (χ3v) is 4.79. The van der Waals surface area contributed by atoms with Gasteiger partial charge >= 0.3 is 5.97 Å². The van der Waals surface area contributed by atoms with Crippen LogP contribution >= 0.6 is 0 Å². The molecule has 25 heavy (non-hydrogen) atoms. The van der Waals surface area contributed by atoms with Crippen LogP contribution in [-0.2, 0) is 6.42 Å². The number of aromatic amines is 1. The highest BCUT2D eigenvalue weighted by Crippen LogP contribution is 2.36. The highest BCUT2D eigenvalue weighted by Gasteiger charge is 2.20. The third-order valence-electron chi connectivity index (χ3n) is 4.79. The molecule has 0 atom stereocenters. The molecule has 1 heterocycles. The zero-order valence-corrected chi connectivity index (χ0v) is 14.7. The molecule has 4 nitrogen and oxygen atoms in total. The van der Waals surface area contributed by atoms with E-state index < -0.39 is 5.97 Å². The van der Waals surface area contributed by atoms with Crippen molar-refractivity contribution in [3.8, 4) is 11.3 Å². The van der Waals surface area contributed by atoms with Gasteiger partial charge in [-0.25, -0.2) is 4.79 Å².